The van der Waals surface area contributed by atoms with Gasteiger partial charge < -0.3 is 10.4 Å². The first-order chi connectivity index (χ1) is 13.2. The molecule has 0 aliphatic rings. The molecule has 0 fully saturated rings. The largest absolute Gasteiger partial charge is 0.478 e. The fourth-order valence-electron chi connectivity index (χ4n) is 2.84. The van der Waals surface area contributed by atoms with Crippen LogP contribution in [0.4, 0.5) is 5.69 Å². The van der Waals surface area contributed by atoms with Gasteiger partial charge in [-0.2, -0.15) is 0 Å². The van der Waals surface area contributed by atoms with Gasteiger partial charge in [-0.05, 0) is 25.1 Å². The molecule has 1 atom stereocenters. The van der Waals surface area contributed by atoms with Crippen LogP contribution in [0.5, 0.6) is 0 Å². The van der Waals surface area contributed by atoms with Crippen LogP contribution in [0.2, 0.25) is 10.0 Å². The minimum absolute atomic E-state index is 0.000139. The number of nitrogens with one attached hydrogen (secondary N) is 1. The zero-order valence-electron chi connectivity index (χ0n) is 14.8. The van der Waals surface area contributed by atoms with Crippen molar-refractivity contribution in [2.24, 2.45) is 0 Å². The molecule has 2 heterocycles. The number of benzene rings is 1. The molecule has 28 heavy (non-hydrogen) atoms. The summed E-state index contributed by atoms with van der Waals surface area (Å²) in [6.45, 7) is 3.35. The maximum absolute atomic E-state index is 13.0. The number of aromatic carboxylic acids is 1. The van der Waals surface area contributed by atoms with Crippen molar-refractivity contribution in [3.63, 3.8) is 0 Å². The van der Waals surface area contributed by atoms with Gasteiger partial charge in [-0.15, -0.1) is 11.3 Å². The van der Waals surface area contributed by atoms with Crippen LogP contribution in [0, 0.1) is 0 Å². The zero-order chi connectivity index (χ0) is 20.6. The maximum atomic E-state index is 13.0. The number of carbonyl (C=O) groups is 2. The van der Waals surface area contributed by atoms with Crippen molar-refractivity contribution in [3.05, 3.63) is 55.4 Å². The minimum atomic E-state index is -1.22. The second-order valence-corrected chi connectivity index (χ2v) is 7.75. The highest BCUT2D eigenvalue weighted by Gasteiger charge is 2.24. The monoisotopic (exact) mass is 439 g/mol. The molecule has 0 aliphatic heterocycles. The Labute approximate surface area is 173 Å². The van der Waals surface area contributed by atoms with Crippen molar-refractivity contribution >= 4 is 62.3 Å². The van der Waals surface area contributed by atoms with Gasteiger partial charge in [0, 0.05) is 27.5 Å². The topological polar surface area (TPSA) is 101 Å². The summed E-state index contributed by atoms with van der Waals surface area (Å²) in [5, 5.41) is 14.1. The number of hydrogen-bond donors (Lipinski definition) is 2. The molecule has 3 rings (SSSR count). The quantitative estimate of drug-likeness (QED) is 0.619. The highest BCUT2D eigenvalue weighted by atomic mass is 35.5. The molecular formula is C18H15Cl2N3O4S. The molecule has 0 radical (unpaired) electrons. The van der Waals surface area contributed by atoms with Crippen LogP contribution in [0.25, 0.3) is 10.2 Å². The molecule has 10 heteroatoms. The van der Waals surface area contributed by atoms with E-state index in [0.717, 1.165) is 11.3 Å². The Morgan fingerprint density at radius 1 is 1.29 bits per heavy atom. The first-order valence-corrected chi connectivity index (χ1v) is 9.89. The van der Waals surface area contributed by atoms with E-state index >= 15 is 0 Å². The molecule has 0 spiro atoms. The number of carboxylic acids is 1. The predicted octanol–water partition coefficient (Wildman–Crippen LogP) is 4.23. The summed E-state index contributed by atoms with van der Waals surface area (Å²) in [4.78, 5) is 42.0. The maximum Gasteiger partial charge on any atom is 0.337 e. The molecule has 2 aromatic heterocycles. The van der Waals surface area contributed by atoms with E-state index in [1.807, 2.05) is 0 Å². The number of thiophene rings is 1. The lowest BCUT2D eigenvalue weighted by Crippen LogP contribution is -2.34. The van der Waals surface area contributed by atoms with E-state index in [9.17, 15) is 19.5 Å². The molecule has 7 nitrogen and oxygen atoms in total. The lowest BCUT2D eigenvalue weighted by Gasteiger charge is -2.18. The van der Waals surface area contributed by atoms with Gasteiger partial charge in [0.05, 0.1) is 10.9 Å². The van der Waals surface area contributed by atoms with Crippen molar-refractivity contribution in [1.82, 2.24) is 9.55 Å². The summed E-state index contributed by atoms with van der Waals surface area (Å²) in [7, 11) is 0. The summed E-state index contributed by atoms with van der Waals surface area (Å²) in [6, 6.07) is 3.66. The highest BCUT2D eigenvalue weighted by molar-refractivity contribution is 7.17. The third-order valence-corrected chi connectivity index (χ3v) is 5.47. The Bertz CT molecular complexity index is 1140. The Balaban J connectivity index is 2.06. The summed E-state index contributed by atoms with van der Waals surface area (Å²) in [5.74, 6) is -1.31. The van der Waals surface area contributed by atoms with Gasteiger partial charge in [0.2, 0.25) is 5.91 Å². The Morgan fingerprint density at radius 2 is 1.93 bits per heavy atom. The number of amides is 1. The molecule has 1 aromatic carbocycles. The molecule has 0 aliphatic carbocycles. The second kappa shape index (κ2) is 7.90. The van der Waals surface area contributed by atoms with Crippen LogP contribution < -0.4 is 10.9 Å². The third-order valence-electron chi connectivity index (χ3n) is 4.16. The van der Waals surface area contributed by atoms with E-state index in [2.05, 4.69) is 10.3 Å². The lowest BCUT2D eigenvalue weighted by molar-refractivity contribution is -0.118. The van der Waals surface area contributed by atoms with Gasteiger partial charge in [-0.3, -0.25) is 14.2 Å². The van der Waals surface area contributed by atoms with Gasteiger partial charge >= 0.3 is 5.97 Å². The van der Waals surface area contributed by atoms with E-state index < -0.39 is 23.5 Å². The third kappa shape index (κ3) is 3.76. The van der Waals surface area contributed by atoms with Crippen LogP contribution in [0.1, 0.15) is 36.1 Å². The van der Waals surface area contributed by atoms with Gasteiger partial charge in [0.15, 0.2) is 0 Å². The fraction of sp³-hybridized carbons (Fsp3) is 0.222. The molecule has 0 saturated heterocycles. The molecule has 1 amide bonds. The van der Waals surface area contributed by atoms with Gasteiger partial charge in [-0.1, -0.05) is 30.1 Å². The zero-order valence-corrected chi connectivity index (χ0v) is 17.2. The number of carbonyl (C=O) groups excluding carboxylic acids is 1. The second-order valence-electron chi connectivity index (χ2n) is 6.01. The smallest absolute Gasteiger partial charge is 0.337 e. The number of anilines is 1. The number of halogens is 2. The standard InChI is InChI=1S/C18H15Cl2N3O4S/c1-3-13-22-16-14(12(7-28-16)18(26)27)17(25)23(13)8(2)15(24)21-11-5-9(19)4-10(20)6-11/h4-8H,3H2,1-2H3,(H,21,24)(H,26,27). The highest BCUT2D eigenvalue weighted by Crippen LogP contribution is 2.25. The number of aryl methyl sites for hydroxylation is 1. The number of carboxylic acid groups (broad SMARTS) is 1. The van der Waals surface area contributed by atoms with Crippen LogP contribution in [-0.2, 0) is 11.2 Å². The van der Waals surface area contributed by atoms with Crippen molar-refractivity contribution in [2.45, 2.75) is 26.3 Å². The average Bonchev–Trinajstić information content (AvgIpc) is 3.04. The van der Waals surface area contributed by atoms with Crippen molar-refractivity contribution in [1.29, 1.82) is 0 Å². The van der Waals surface area contributed by atoms with Crippen LogP contribution in [-0.4, -0.2) is 26.5 Å². The van der Waals surface area contributed by atoms with E-state index in [-0.39, 0.29) is 10.9 Å². The number of aromatic nitrogens is 2. The normalized spacial score (nSPS) is 12.1. The molecule has 0 saturated carbocycles. The number of rotatable bonds is 5. The summed E-state index contributed by atoms with van der Waals surface area (Å²) < 4.78 is 1.23. The van der Waals surface area contributed by atoms with E-state index in [1.54, 1.807) is 13.8 Å². The minimum Gasteiger partial charge on any atom is -0.478 e. The van der Waals surface area contributed by atoms with Crippen LogP contribution in [0.3, 0.4) is 0 Å². The lowest BCUT2D eigenvalue weighted by atomic mass is 10.2. The fourth-order valence-corrected chi connectivity index (χ4v) is 4.29. The summed E-state index contributed by atoms with van der Waals surface area (Å²) >= 11 is 13.0. The van der Waals surface area contributed by atoms with Crippen LogP contribution in [0.15, 0.2) is 28.4 Å². The predicted molar refractivity (Wildman–Crippen MR) is 110 cm³/mol. The molecule has 0 bridgehead atoms. The number of hydrogen-bond acceptors (Lipinski definition) is 5. The van der Waals surface area contributed by atoms with Gasteiger partial charge in [0.1, 0.15) is 16.7 Å². The number of fused-ring (bicyclic) bond motifs is 1. The first kappa shape index (κ1) is 20.3. The van der Waals surface area contributed by atoms with Crippen molar-refractivity contribution < 1.29 is 14.7 Å². The molecule has 2 N–H and O–H groups in total. The van der Waals surface area contributed by atoms with Crippen molar-refractivity contribution in [3.8, 4) is 0 Å². The molecule has 3 aromatic rings. The molecule has 146 valence electrons. The Kier molecular flexibility index (Phi) is 5.74. The van der Waals surface area contributed by atoms with E-state index in [0.29, 0.717) is 32.8 Å². The molecular weight excluding hydrogens is 425 g/mol. The van der Waals surface area contributed by atoms with E-state index in [1.165, 1.54) is 28.1 Å². The van der Waals surface area contributed by atoms with Crippen LogP contribution >= 0.6 is 34.5 Å². The Morgan fingerprint density at radius 3 is 2.50 bits per heavy atom. The Hall–Kier alpha value is -2.42. The van der Waals surface area contributed by atoms with Crippen molar-refractivity contribution in [2.75, 3.05) is 5.32 Å². The average molecular weight is 440 g/mol. The van der Waals surface area contributed by atoms with Gasteiger partial charge in [0.25, 0.3) is 5.56 Å². The summed E-state index contributed by atoms with van der Waals surface area (Å²) in [5.41, 5.74) is -0.299. The first-order valence-electron chi connectivity index (χ1n) is 8.25. The van der Waals surface area contributed by atoms with Gasteiger partial charge in [-0.25, -0.2) is 9.78 Å². The van der Waals surface area contributed by atoms with E-state index in [4.69, 9.17) is 23.2 Å². The number of nitrogens with zero attached hydrogens (tertiary/aromatic N) is 2. The SMILES string of the molecule is CCc1nc2scc(C(=O)O)c2c(=O)n1C(C)C(=O)Nc1cc(Cl)cc(Cl)c1. The molecule has 1 unspecified atom stereocenters. The summed E-state index contributed by atoms with van der Waals surface area (Å²) in [6.07, 6.45) is 0.395.